The largest absolute Gasteiger partial charge is 0.334 e. The summed E-state index contributed by atoms with van der Waals surface area (Å²) >= 11 is 0. The smallest absolute Gasteiger partial charge is 0.258 e. The van der Waals surface area contributed by atoms with Crippen LogP contribution in [0.5, 0.6) is 0 Å². The molecule has 0 bridgehead atoms. The summed E-state index contributed by atoms with van der Waals surface area (Å²) in [6, 6.07) is 10.3. The van der Waals surface area contributed by atoms with E-state index in [0.717, 1.165) is 17.4 Å². The van der Waals surface area contributed by atoms with E-state index in [1.54, 1.807) is 18.2 Å². The molecule has 0 fully saturated rings. The maximum atomic E-state index is 13.8. The molecular formula is C16H16FN3O. The van der Waals surface area contributed by atoms with E-state index >= 15 is 0 Å². The Morgan fingerprint density at radius 1 is 1.19 bits per heavy atom. The molecule has 3 aromatic rings. The van der Waals surface area contributed by atoms with E-state index < -0.39 is 0 Å². The second-order valence-corrected chi connectivity index (χ2v) is 5.03. The highest BCUT2D eigenvalue weighted by atomic mass is 19.1. The summed E-state index contributed by atoms with van der Waals surface area (Å²) in [7, 11) is 0. The number of aromatic nitrogens is 2. The quantitative estimate of drug-likeness (QED) is 0.798. The Morgan fingerprint density at radius 2 is 1.95 bits per heavy atom. The molecule has 0 aliphatic heterocycles. The fraction of sp³-hybridized carbons (Fsp3) is 0.250. The summed E-state index contributed by atoms with van der Waals surface area (Å²) in [4.78, 5) is 4.37. The molecule has 0 aliphatic rings. The molecule has 1 atom stereocenters. The number of hydrogen-bond acceptors (Lipinski definition) is 4. The van der Waals surface area contributed by atoms with E-state index in [1.807, 2.05) is 19.1 Å². The van der Waals surface area contributed by atoms with Crippen LogP contribution in [0.25, 0.3) is 22.2 Å². The van der Waals surface area contributed by atoms with Gasteiger partial charge in [0.25, 0.3) is 5.89 Å². The minimum Gasteiger partial charge on any atom is -0.334 e. The highest BCUT2D eigenvalue weighted by Gasteiger charge is 2.14. The van der Waals surface area contributed by atoms with Crippen molar-refractivity contribution in [2.45, 2.75) is 25.8 Å². The molecule has 0 spiro atoms. The zero-order valence-electron chi connectivity index (χ0n) is 11.7. The lowest BCUT2D eigenvalue weighted by Gasteiger charge is -2.04. The Morgan fingerprint density at radius 3 is 2.71 bits per heavy atom. The van der Waals surface area contributed by atoms with Crippen LogP contribution in [-0.4, -0.2) is 16.2 Å². The zero-order valence-corrected chi connectivity index (χ0v) is 11.7. The minimum absolute atomic E-state index is 0.0143. The van der Waals surface area contributed by atoms with Crippen molar-refractivity contribution >= 4 is 10.8 Å². The molecule has 0 amide bonds. The van der Waals surface area contributed by atoms with Crippen LogP contribution in [0.1, 0.15) is 19.2 Å². The van der Waals surface area contributed by atoms with Gasteiger partial charge in [-0.1, -0.05) is 36.3 Å². The van der Waals surface area contributed by atoms with Gasteiger partial charge in [-0.3, -0.25) is 0 Å². The van der Waals surface area contributed by atoms with Crippen molar-refractivity contribution in [3.8, 4) is 11.5 Å². The number of nitrogens with two attached hydrogens (primary N) is 1. The first-order valence-corrected chi connectivity index (χ1v) is 6.95. The molecular weight excluding hydrogens is 269 g/mol. The van der Waals surface area contributed by atoms with E-state index in [1.165, 1.54) is 6.07 Å². The summed E-state index contributed by atoms with van der Waals surface area (Å²) in [5.41, 5.74) is 6.62. The van der Waals surface area contributed by atoms with Crippen LogP contribution in [0.15, 0.2) is 40.9 Å². The van der Waals surface area contributed by atoms with Crippen molar-refractivity contribution in [2.75, 3.05) is 0 Å². The Balaban J connectivity index is 2.03. The lowest BCUT2D eigenvalue weighted by molar-refractivity contribution is 0.419. The molecule has 4 nitrogen and oxygen atoms in total. The van der Waals surface area contributed by atoms with Crippen LogP contribution in [0.4, 0.5) is 4.39 Å². The first-order chi connectivity index (χ1) is 10.2. The van der Waals surface area contributed by atoms with Gasteiger partial charge >= 0.3 is 0 Å². The van der Waals surface area contributed by atoms with Gasteiger partial charge in [-0.25, -0.2) is 4.39 Å². The Bertz CT molecular complexity index is 769. The Kier molecular flexibility index (Phi) is 3.66. The van der Waals surface area contributed by atoms with E-state index in [0.29, 0.717) is 23.5 Å². The van der Waals surface area contributed by atoms with Crippen LogP contribution in [-0.2, 0) is 6.42 Å². The van der Waals surface area contributed by atoms with E-state index in [9.17, 15) is 4.39 Å². The van der Waals surface area contributed by atoms with E-state index in [4.69, 9.17) is 10.3 Å². The van der Waals surface area contributed by atoms with Crippen LogP contribution >= 0.6 is 0 Å². The first kappa shape index (κ1) is 13.7. The average Bonchev–Trinajstić information content (AvgIpc) is 2.96. The summed E-state index contributed by atoms with van der Waals surface area (Å²) in [5.74, 6) is 0.708. The topological polar surface area (TPSA) is 64.9 Å². The average molecular weight is 285 g/mol. The number of nitrogens with zero attached hydrogens (tertiary/aromatic N) is 2. The van der Waals surface area contributed by atoms with Gasteiger partial charge in [0.15, 0.2) is 5.82 Å². The SMILES string of the molecule is CCC(N)Cc1noc(-c2ccc(F)c3ccccc23)n1. The monoisotopic (exact) mass is 285 g/mol. The third-order valence-electron chi connectivity index (χ3n) is 3.54. The van der Waals surface area contributed by atoms with Gasteiger partial charge in [-0.2, -0.15) is 4.98 Å². The number of halogens is 1. The normalized spacial score (nSPS) is 12.7. The van der Waals surface area contributed by atoms with Gasteiger partial charge in [-0.15, -0.1) is 0 Å². The van der Waals surface area contributed by atoms with Crippen LogP contribution in [0, 0.1) is 5.82 Å². The lowest BCUT2D eigenvalue weighted by Crippen LogP contribution is -2.21. The molecule has 2 N–H and O–H groups in total. The van der Waals surface area contributed by atoms with Crippen molar-refractivity contribution in [3.05, 3.63) is 48.0 Å². The van der Waals surface area contributed by atoms with Gasteiger partial charge in [0.2, 0.25) is 0 Å². The molecule has 0 aliphatic carbocycles. The second-order valence-electron chi connectivity index (χ2n) is 5.03. The molecule has 3 rings (SSSR count). The van der Waals surface area contributed by atoms with E-state index in [-0.39, 0.29) is 11.9 Å². The molecule has 2 aromatic carbocycles. The second kappa shape index (κ2) is 5.61. The molecule has 0 radical (unpaired) electrons. The van der Waals surface area contributed by atoms with Gasteiger partial charge in [0.1, 0.15) is 5.82 Å². The third-order valence-corrected chi connectivity index (χ3v) is 3.54. The molecule has 1 aromatic heterocycles. The highest BCUT2D eigenvalue weighted by molar-refractivity contribution is 5.95. The van der Waals surface area contributed by atoms with E-state index in [2.05, 4.69) is 10.1 Å². The predicted octanol–water partition coefficient (Wildman–Crippen LogP) is 3.31. The van der Waals surface area contributed by atoms with Crippen molar-refractivity contribution < 1.29 is 8.91 Å². The standard InChI is InChI=1S/C16H16FN3O/c1-2-10(18)9-15-19-16(21-20-15)13-7-8-14(17)12-6-4-3-5-11(12)13/h3-8,10H,2,9,18H2,1H3. The maximum absolute atomic E-state index is 13.8. The Labute approximate surface area is 121 Å². The van der Waals surface area contributed by atoms with Gasteiger partial charge in [0.05, 0.1) is 0 Å². The van der Waals surface area contributed by atoms with Crippen molar-refractivity contribution in [3.63, 3.8) is 0 Å². The van der Waals surface area contributed by atoms with Crippen LogP contribution in [0.2, 0.25) is 0 Å². The van der Waals surface area contributed by atoms with Gasteiger partial charge < -0.3 is 10.3 Å². The number of hydrogen-bond donors (Lipinski definition) is 1. The third kappa shape index (κ3) is 2.64. The van der Waals surface area contributed by atoms with Crippen LogP contribution < -0.4 is 5.73 Å². The maximum Gasteiger partial charge on any atom is 0.258 e. The molecule has 1 heterocycles. The zero-order chi connectivity index (χ0) is 14.8. The Hall–Kier alpha value is -2.27. The molecule has 5 heteroatoms. The number of rotatable bonds is 4. The molecule has 0 saturated heterocycles. The molecule has 1 unspecified atom stereocenters. The van der Waals surface area contributed by atoms with Crippen molar-refractivity contribution in [2.24, 2.45) is 5.73 Å². The van der Waals surface area contributed by atoms with Crippen LogP contribution in [0.3, 0.4) is 0 Å². The van der Waals surface area contributed by atoms with Crippen molar-refractivity contribution in [1.29, 1.82) is 0 Å². The van der Waals surface area contributed by atoms with Gasteiger partial charge in [-0.05, 0) is 23.9 Å². The number of fused-ring (bicyclic) bond motifs is 1. The molecule has 0 saturated carbocycles. The predicted molar refractivity (Wildman–Crippen MR) is 79.2 cm³/mol. The summed E-state index contributed by atoms with van der Waals surface area (Å²) in [6.45, 7) is 2.01. The summed E-state index contributed by atoms with van der Waals surface area (Å²) in [5, 5.41) is 5.25. The molecule has 108 valence electrons. The fourth-order valence-corrected chi connectivity index (χ4v) is 2.27. The van der Waals surface area contributed by atoms with Gasteiger partial charge in [0, 0.05) is 23.4 Å². The molecule has 21 heavy (non-hydrogen) atoms. The summed E-state index contributed by atoms with van der Waals surface area (Å²) < 4.78 is 19.1. The first-order valence-electron chi connectivity index (χ1n) is 6.95. The minimum atomic E-state index is -0.262. The lowest BCUT2D eigenvalue weighted by atomic mass is 10.0. The fourth-order valence-electron chi connectivity index (χ4n) is 2.27. The number of benzene rings is 2. The summed E-state index contributed by atoms with van der Waals surface area (Å²) in [6.07, 6.45) is 1.42. The van der Waals surface area contributed by atoms with Crippen molar-refractivity contribution in [1.82, 2.24) is 10.1 Å². The highest BCUT2D eigenvalue weighted by Crippen LogP contribution is 2.29.